The molecular weight excluding hydrogens is 328 g/mol. The van der Waals surface area contributed by atoms with Crippen LogP contribution in [0.2, 0.25) is 0 Å². The summed E-state index contributed by atoms with van der Waals surface area (Å²) in [5.41, 5.74) is 2.38. The number of fused-ring (bicyclic) bond motifs is 1. The molecule has 0 aliphatic carbocycles. The third-order valence-corrected chi connectivity index (χ3v) is 5.08. The minimum Gasteiger partial charge on any atom is -0.352 e. The fourth-order valence-corrected chi connectivity index (χ4v) is 3.76. The third-order valence-electron chi connectivity index (χ3n) is 5.08. The fourth-order valence-electron chi connectivity index (χ4n) is 3.76. The Bertz CT molecular complexity index is 951. The Kier molecular flexibility index (Phi) is 4.16. The SMILES string of the molecule is CN1C(=O)CC(CNC(=O)c2cccc3cn[nH]c23)C1c1ccccc1. The van der Waals surface area contributed by atoms with Crippen molar-refractivity contribution in [2.45, 2.75) is 12.5 Å². The standard InChI is InChI=1S/C20H20N4O2/c1-24-17(25)10-15(19(24)13-6-3-2-4-7-13)11-21-20(26)16-9-5-8-14-12-22-23-18(14)16/h2-9,12,15,19H,10-11H2,1H3,(H,21,26)(H,22,23). The number of para-hydroxylation sites is 1. The zero-order chi connectivity index (χ0) is 18.1. The number of carbonyl (C=O) groups is 2. The molecule has 2 N–H and O–H groups in total. The fraction of sp³-hybridized carbons (Fsp3) is 0.250. The first kappa shape index (κ1) is 16.3. The number of benzene rings is 2. The van der Waals surface area contributed by atoms with E-state index in [0.29, 0.717) is 18.5 Å². The molecule has 3 aromatic rings. The van der Waals surface area contributed by atoms with E-state index in [0.717, 1.165) is 16.5 Å². The van der Waals surface area contributed by atoms with Crippen molar-refractivity contribution in [3.8, 4) is 0 Å². The summed E-state index contributed by atoms with van der Waals surface area (Å²) in [6.45, 7) is 0.443. The molecule has 26 heavy (non-hydrogen) atoms. The molecule has 6 heteroatoms. The number of hydrogen-bond donors (Lipinski definition) is 2. The van der Waals surface area contributed by atoms with Gasteiger partial charge in [-0.25, -0.2) is 0 Å². The first-order valence-electron chi connectivity index (χ1n) is 8.66. The van der Waals surface area contributed by atoms with Crippen molar-refractivity contribution in [3.63, 3.8) is 0 Å². The Balaban J connectivity index is 1.52. The summed E-state index contributed by atoms with van der Waals surface area (Å²) < 4.78 is 0. The van der Waals surface area contributed by atoms with E-state index in [1.807, 2.05) is 49.5 Å². The van der Waals surface area contributed by atoms with Crippen LogP contribution in [0, 0.1) is 5.92 Å². The second kappa shape index (κ2) is 6.63. The highest BCUT2D eigenvalue weighted by atomic mass is 16.2. The molecule has 1 aliphatic rings. The number of H-pyrrole nitrogens is 1. The molecule has 0 saturated carbocycles. The summed E-state index contributed by atoms with van der Waals surface area (Å²) in [4.78, 5) is 26.7. The van der Waals surface area contributed by atoms with Gasteiger partial charge >= 0.3 is 0 Å². The van der Waals surface area contributed by atoms with Crippen LogP contribution in [-0.4, -0.2) is 40.5 Å². The quantitative estimate of drug-likeness (QED) is 0.760. The van der Waals surface area contributed by atoms with Crippen LogP contribution >= 0.6 is 0 Å². The second-order valence-corrected chi connectivity index (χ2v) is 6.67. The molecular formula is C20H20N4O2. The average molecular weight is 348 g/mol. The summed E-state index contributed by atoms with van der Waals surface area (Å²) in [5.74, 6) is -0.0118. The molecule has 1 fully saturated rings. The second-order valence-electron chi connectivity index (χ2n) is 6.67. The van der Waals surface area contributed by atoms with E-state index in [1.54, 1.807) is 17.2 Å². The molecule has 2 atom stereocenters. The van der Waals surface area contributed by atoms with Gasteiger partial charge in [-0.3, -0.25) is 14.7 Å². The van der Waals surface area contributed by atoms with Gasteiger partial charge in [0.2, 0.25) is 5.91 Å². The van der Waals surface area contributed by atoms with Crippen LogP contribution in [0.3, 0.4) is 0 Å². The monoisotopic (exact) mass is 348 g/mol. The van der Waals surface area contributed by atoms with Crippen LogP contribution in [-0.2, 0) is 4.79 Å². The lowest BCUT2D eigenvalue weighted by atomic mass is 9.93. The van der Waals surface area contributed by atoms with E-state index in [-0.39, 0.29) is 23.8 Å². The lowest BCUT2D eigenvalue weighted by Crippen LogP contribution is -2.32. The average Bonchev–Trinajstić information content (AvgIpc) is 3.25. The maximum atomic E-state index is 12.7. The molecule has 2 aromatic carbocycles. The van der Waals surface area contributed by atoms with Crippen molar-refractivity contribution in [2.75, 3.05) is 13.6 Å². The van der Waals surface area contributed by atoms with Crippen LogP contribution < -0.4 is 5.32 Å². The number of amides is 2. The van der Waals surface area contributed by atoms with Crippen molar-refractivity contribution in [2.24, 2.45) is 5.92 Å². The Morgan fingerprint density at radius 2 is 2.04 bits per heavy atom. The summed E-state index contributed by atoms with van der Waals surface area (Å²) in [5, 5.41) is 10.8. The first-order chi connectivity index (χ1) is 12.6. The van der Waals surface area contributed by atoms with Crippen molar-refractivity contribution >= 4 is 22.7 Å². The summed E-state index contributed by atoms with van der Waals surface area (Å²) in [7, 11) is 1.83. The third kappa shape index (κ3) is 2.83. The van der Waals surface area contributed by atoms with Gasteiger partial charge in [0.15, 0.2) is 0 Å². The molecule has 1 aromatic heterocycles. The molecule has 2 heterocycles. The minimum absolute atomic E-state index is 0.0213. The molecule has 1 saturated heterocycles. The van der Waals surface area contributed by atoms with Crippen molar-refractivity contribution in [1.82, 2.24) is 20.4 Å². The van der Waals surface area contributed by atoms with E-state index in [4.69, 9.17) is 0 Å². The maximum absolute atomic E-state index is 12.7. The van der Waals surface area contributed by atoms with Crippen molar-refractivity contribution < 1.29 is 9.59 Å². The molecule has 6 nitrogen and oxygen atoms in total. The van der Waals surface area contributed by atoms with Crippen LogP contribution in [0.4, 0.5) is 0 Å². The van der Waals surface area contributed by atoms with Gasteiger partial charge in [0.1, 0.15) is 0 Å². The topological polar surface area (TPSA) is 78.1 Å². The first-order valence-corrected chi connectivity index (χ1v) is 8.66. The Labute approximate surface area is 151 Å². The predicted molar refractivity (Wildman–Crippen MR) is 98.5 cm³/mol. The largest absolute Gasteiger partial charge is 0.352 e. The number of likely N-dealkylation sites (tertiary alicyclic amines) is 1. The number of hydrogen-bond acceptors (Lipinski definition) is 3. The Morgan fingerprint density at radius 1 is 1.23 bits per heavy atom. The molecule has 1 aliphatic heterocycles. The van der Waals surface area contributed by atoms with E-state index in [2.05, 4.69) is 15.5 Å². The minimum atomic E-state index is -0.159. The highest BCUT2D eigenvalue weighted by Crippen LogP contribution is 2.36. The maximum Gasteiger partial charge on any atom is 0.253 e. The van der Waals surface area contributed by atoms with Crippen LogP contribution in [0.5, 0.6) is 0 Å². The summed E-state index contributed by atoms with van der Waals surface area (Å²) in [6.07, 6.45) is 2.13. The number of aromatic nitrogens is 2. The molecule has 4 rings (SSSR count). The lowest BCUT2D eigenvalue weighted by Gasteiger charge is -2.25. The van der Waals surface area contributed by atoms with Gasteiger partial charge in [0.05, 0.1) is 23.3 Å². The summed E-state index contributed by atoms with van der Waals surface area (Å²) in [6, 6.07) is 15.5. The number of aromatic amines is 1. The van der Waals surface area contributed by atoms with Crippen molar-refractivity contribution in [3.05, 3.63) is 65.9 Å². The van der Waals surface area contributed by atoms with Gasteiger partial charge in [0, 0.05) is 31.3 Å². The van der Waals surface area contributed by atoms with Crippen LogP contribution in [0.1, 0.15) is 28.4 Å². The van der Waals surface area contributed by atoms with Gasteiger partial charge in [-0.15, -0.1) is 0 Å². The van der Waals surface area contributed by atoms with Gasteiger partial charge in [-0.05, 0) is 11.6 Å². The van der Waals surface area contributed by atoms with E-state index in [1.165, 1.54) is 0 Å². The highest BCUT2D eigenvalue weighted by Gasteiger charge is 2.38. The molecule has 0 radical (unpaired) electrons. The zero-order valence-electron chi connectivity index (χ0n) is 14.5. The van der Waals surface area contributed by atoms with E-state index < -0.39 is 0 Å². The van der Waals surface area contributed by atoms with Crippen molar-refractivity contribution in [1.29, 1.82) is 0 Å². The highest BCUT2D eigenvalue weighted by molar-refractivity contribution is 6.05. The van der Waals surface area contributed by atoms with E-state index >= 15 is 0 Å². The molecule has 2 unspecified atom stereocenters. The van der Waals surface area contributed by atoms with Gasteiger partial charge in [0.25, 0.3) is 5.91 Å². The van der Waals surface area contributed by atoms with Gasteiger partial charge in [-0.1, -0.05) is 42.5 Å². The number of nitrogens with zero attached hydrogens (tertiary/aromatic N) is 2. The molecule has 0 spiro atoms. The normalized spacial score (nSPS) is 19.9. The van der Waals surface area contributed by atoms with Crippen LogP contribution in [0.15, 0.2) is 54.7 Å². The van der Waals surface area contributed by atoms with E-state index in [9.17, 15) is 9.59 Å². The smallest absolute Gasteiger partial charge is 0.253 e. The lowest BCUT2D eigenvalue weighted by molar-refractivity contribution is -0.127. The summed E-state index contributed by atoms with van der Waals surface area (Å²) >= 11 is 0. The molecule has 2 amide bonds. The van der Waals surface area contributed by atoms with Gasteiger partial charge < -0.3 is 10.2 Å². The predicted octanol–water partition coefficient (Wildman–Crippen LogP) is 2.51. The molecule has 0 bridgehead atoms. The number of rotatable bonds is 4. The van der Waals surface area contributed by atoms with Crippen LogP contribution in [0.25, 0.3) is 10.9 Å². The van der Waals surface area contributed by atoms with Gasteiger partial charge in [-0.2, -0.15) is 5.10 Å². The number of carbonyl (C=O) groups excluding carboxylic acids is 2. The Morgan fingerprint density at radius 3 is 2.85 bits per heavy atom. The Hall–Kier alpha value is -3.15. The molecule has 132 valence electrons. The number of nitrogens with one attached hydrogen (secondary N) is 2. The zero-order valence-corrected chi connectivity index (χ0v) is 14.5.